The molecule has 1 aliphatic heterocycles. The number of rotatable bonds is 6. The summed E-state index contributed by atoms with van der Waals surface area (Å²) in [5.74, 6) is 0.405. The second kappa shape index (κ2) is 7.13. The third-order valence-corrected chi connectivity index (χ3v) is 4.47. The Kier molecular flexibility index (Phi) is 6.13. The molecule has 0 aliphatic carbocycles. The van der Waals surface area contributed by atoms with E-state index in [9.17, 15) is 4.79 Å². The zero-order valence-corrected chi connectivity index (χ0v) is 12.6. The maximum atomic E-state index is 12.9. The monoisotopic (exact) mass is 254 g/mol. The molecule has 3 nitrogen and oxygen atoms in total. The van der Waals surface area contributed by atoms with Crippen LogP contribution in [0.1, 0.15) is 59.8 Å². The second-order valence-corrected chi connectivity index (χ2v) is 5.63. The molecule has 1 amide bonds. The van der Waals surface area contributed by atoms with Crippen molar-refractivity contribution in [3.8, 4) is 0 Å². The molecule has 0 radical (unpaired) electrons. The first-order chi connectivity index (χ1) is 8.61. The number of hydrogen-bond donors (Lipinski definition) is 1. The second-order valence-electron chi connectivity index (χ2n) is 5.63. The van der Waals surface area contributed by atoms with Gasteiger partial charge in [0.15, 0.2) is 0 Å². The van der Waals surface area contributed by atoms with E-state index in [4.69, 9.17) is 0 Å². The summed E-state index contributed by atoms with van der Waals surface area (Å²) in [5.41, 5.74) is -0.0839. The van der Waals surface area contributed by atoms with Gasteiger partial charge in [-0.1, -0.05) is 20.3 Å². The van der Waals surface area contributed by atoms with Crippen molar-refractivity contribution in [2.75, 3.05) is 19.6 Å². The van der Waals surface area contributed by atoms with Gasteiger partial charge in [0.2, 0.25) is 5.91 Å². The average molecular weight is 254 g/mol. The molecule has 0 aromatic heterocycles. The highest BCUT2D eigenvalue weighted by Gasteiger charge is 2.41. The van der Waals surface area contributed by atoms with Crippen LogP contribution in [0.3, 0.4) is 0 Å². The van der Waals surface area contributed by atoms with Crippen molar-refractivity contribution in [3.63, 3.8) is 0 Å². The maximum Gasteiger partial charge on any atom is 0.229 e. The largest absolute Gasteiger partial charge is 0.340 e. The first-order valence-corrected chi connectivity index (χ1v) is 7.63. The molecule has 1 heterocycles. The van der Waals surface area contributed by atoms with E-state index < -0.39 is 0 Å². The summed E-state index contributed by atoms with van der Waals surface area (Å²) in [6.45, 7) is 11.4. The highest BCUT2D eigenvalue weighted by atomic mass is 16.2. The van der Waals surface area contributed by atoms with Crippen molar-refractivity contribution in [2.45, 2.75) is 65.8 Å². The first kappa shape index (κ1) is 15.5. The van der Waals surface area contributed by atoms with E-state index in [0.29, 0.717) is 11.9 Å². The molecular weight excluding hydrogens is 224 g/mol. The molecule has 1 saturated heterocycles. The van der Waals surface area contributed by atoms with Crippen LogP contribution in [0.4, 0.5) is 0 Å². The minimum atomic E-state index is -0.0839. The third-order valence-electron chi connectivity index (χ3n) is 4.47. The molecule has 1 rings (SSSR count). The molecule has 1 N–H and O–H groups in total. The molecule has 0 bridgehead atoms. The van der Waals surface area contributed by atoms with Crippen LogP contribution in [0.15, 0.2) is 0 Å². The van der Waals surface area contributed by atoms with Crippen LogP contribution in [-0.2, 0) is 4.79 Å². The minimum absolute atomic E-state index is 0.0839. The van der Waals surface area contributed by atoms with E-state index in [1.54, 1.807) is 0 Å². The predicted octanol–water partition coefficient (Wildman–Crippen LogP) is 2.80. The molecule has 0 saturated carbocycles. The lowest BCUT2D eigenvalue weighted by atomic mass is 9.74. The predicted molar refractivity (Wildman–Crippen MR) is 76.6 cm³/mol. The van der Waals surface area contributed by atoms with Crippen molar-refractivity contribution >= 4 is 5.91 Å². The fourth-order valence-corrected chi connectivity index (χ4v) is 3.14. The van der Waals surface area contributed by atoms with Crippen LogP contribution in [0, 0.1) is 5.41 Å². The summed E-state index contributed by atoms with van der Waals surface area (Å²) >= 11 is 0. The standard InChI is InChI=1S/C15H30N2O/c1-5-8-15(9-11-16-12-10-15)14(18)17(7-3)13(4)6-2/h13,16H,5-12H2,1-4H3. The topological polar surface area (TPSA) is 32.3 Å². The smallest absolute Gasteiger partial charge is 0.229 e. The zero-order chi connectivity index (χ0) is 13.6. The van der Waals surface area contributed by atoms with Gasteiger partial charge in [-0.3, -0.25) is 4.79 Å². The Morgan fingerprint density at radius 1 is 1.28 bits per heavy atom. The molecule has 1 unspecified atom stereocenters. The third kappa shape index (κ3) is 3.25. The van der Waals surface area contributed by atoms with Crippen molar-refractivity contribution in [1.29, 1.82) is 0 Å². The normalized spacial score (nSPS) is 20.4. The summed E-state index contributed by atoms with van der Waals surface area (Å²) in [6, 6.07) is 0.367. The van der Waals surface area contributed by atoms with E-state index in [1.165, 1.54) is 0 Å². The molecule has 1 atom stereocenters. The molecule has 106 valence electrons. The van der Waals surface area contributed by atoms with Gasteiger partial charge in [-0.05, 0) is 52.6 Å². The lowest BCUT2D eigenvalue weighted by molar-refractivity contribution is -0.146. The van der Waals surface area contributed by atoms with Crippen LogP contribution < -0.4 is 5.32 Å². The van der Waals surface area contributed by atoms with Crippen molar-refractivity contribution in [3.05, 3.63) is 0 Å². The maximum absolute atomic E-state index is 12.9. The van der Waals surface area contributed by atoms with E-state index in [0.717, 1.165) is 51.7 Å². The minimum Gasteiger partial charge on any atom is -0.340 e. The first-order valence-electron chi connectivity index (χ1n) is 7.63. The van der Waals surface area contributed by atoms with Gasteiger partial charge in [0.1, 0.15) is 0 Å². The van der Waals surface area contributed by atoms with Gasteiger partial charge >= 0.3 is 0 Å². The van der Waals surface area contributed by atoms with Gasteiger partial charge < -0.3 is 10.2 Å². The fourth-order valence-electron chi connectivity index (χ4n) is 3.14. The van der Waals surface area contributed by atoms with E-state index in [1.807, 2.05) is 0 Å². The van der Waals surface area contributed by atoms with Crippen LogP contribution in [0.5, 0.6) is 0 Å². The number of nitrogens with one attached hydrogen (secondary N) is 1. The fraction of sp³-hybridized carbons (Fsp3) is 0.933. The Morgan fingerprint density at radius 3 is 2.33 bits per heavy atom. The van der Waals surface area contributed by atoms with Gasteiger partial charge in [-0.2, -0.15) is 0 Å². The molecule has 1 aliphatic rings. The SMILES string of the molecule is CCCC1(C(=O)N(CC)C(C)CC)CCNCC1. The Balaban J connectivity index is 2.86. The number of amides is 1. The summed E-state index contributed by atoms with van der Waals surface area (Å²) in [4.78, 5) is 15.0. The number of piperidine rings is 1. The molecule has 1 fully saturated rings. The Hall–Kier alpha value is -0.570. The summed E-state index contributed by atoms with van der Waals surface area (Å²) in [7, 11) is 0. The van der Waals surface area contributed by atoms with Crippen LogP contribution in [-0.4, -0.2) is 36.5 Å². The van der Waals surface area contributed by atoms with E-state index in [2.05, 4.69) is 37.9 Å². The number of carbonyl (C=O) groups is 1. The Bertz CT molecular complexity index is 254. The number of nitrogens with zero attached hydrogens (tertiary/aromatic N) is 1. The van der Waals surface area contributed by atoms with Gasteiger partial charge in [-0.15, -0.1) is 0 Å². The summed E-state index contributed by atoms with van der Waals surface area (Å²) in [5, 5.41) is 3.38. The lowest BCUT2D eigenvalue weighted by Crippen LogP contribution is -2.51. The Labute approximate surface area is 112 Å². The lowest BCUT2D eigenvalue weighted by Gasteiger charge is -2.41. The van der Waals surface area contributed by atoms with Crippen LogP contribution in [0.2, 0.25) is 0 Å². The zero-order valence-electron chi connectivity index (χ0n) is 12.6. The molecule has 3 heteroatoms. The molecular formula is C15H30N2O. The molecule has 18 heavy (non-hydrogen) atoms. The Morgan fingerprint density at radius 2 is 1.89 bits per heavy atom. The molecule has 0 aromatic rings. The summed E-state index contributed by atoms with van der Waals surface area (Å²) in [6.07, 6.45) is 5.20. The van der Waals surface area contributed by atoms with E-state index >= 15 is 0 Å². The molecule has 0 spiro atoms. The van der Waals surface area contributed by atoms with Gasteiger partial charge in [0, 0.05) is 12.6 Å². The summed E-state index contributed by atoms with van der Waals surface area (Å²) < 4.78 is 0. The number of carbonyl (C=O) groups excluding carboxylic acids is 1. The highest BCUT2D eigenvalue weighted by molar-refractivity contribution is 5.83. The van der Waals surface area contributed by atoms with Crippen LogP contribution >= 0.6 is 0 Å². The quantitative estimate of drug-likeness (QED) is 0.790. The van der Waals surface area contributed by atoms with Crippen molar-refractivity contribution in [2.24, 2.45) is 5.41 Å². The van der Waals surface area contributed by atoms with Gasteiger partial charge in [-0.25, -0.2) is 0 Å². The van der Waals surface area contributed by atoms with Crippen molar-refractivity contribution in [1.82, 2.24) is 10.2 Å². The average Bonchev–Trinajstić information content (AvgIpc) is 2.40. The number of hydrogen-bond acceptors (Lipinski definition) is 2. The van der Waals surface area contributed by atoms with Crippen LogP contribution in [0.25, 0.3) is 0 Å². The van der Waals surface area contributed by atoms with Crippen molar-refractivity contribution < 1.29 is 4.79 Å². The van der Waals surface area contributed by atoms with E-state index in [-0.39, 0.29) is 5.41 Å². The van der Waals surface area contributed by atoms with Gasteiger partial charge in [0.25, 0.3) is 0 Å². The molecule has 0 aromatic carbocycles. The van der Waals surface area contributed by atoms with Gasteiger partial charge in [0.05, 0.1) is 5.41 Å². The highest BCUT2D eigenvalue weighted by Crippen LogP contribution is 2.36.